The highest BCUT2D eigenvalue weighted by Crippen LogP contribution is 2.19. The SMILES string of the molecule is N#Cc1ccccc1C[N+]1=C(N)c2ccccc2C1.[Cl-]. The predicted molar refractivity (Wildman–Crippen MR) is 73.6 cm³/mol. The van der Waals surface area contributed by atoms with Gasteiger partial charge in [0.2, 0.25) is 0 Å². The van der Waals surface area contributed by atoms with Crippen LogP contribution in [0.15, 0.2) is 48.5 Å². The number of rotatable bonds is 2. The van der Waals surface area contributed by atoms with Crippen molar-refractivity contribution in [1.29, 1.82) is 5.26 Å². The fourth-order valence-electron chi connectivity index (χ4n) is 2.48. The molecule has 0 saturated heterocycles. The maximum Gasteiger partial charge on any atom is 0.275 e. The molecule has 20 heavy (non-hydrogen) atoms. The molecule has 3 nitrogen and oxygen atoms in total. The van der Waals surface area contributed by atoms with Gasteiger partial charge in [0.1, 0.15) is 13.1 Å². The lowest BCUT2D eigenvalue weighted by atomic mass is 10.1. The summed E-state index contributed by atoms with van der Waals surface area (Å²) in [7, 11) is 0. The number of fused-ring (bicyclic) bond motifs is 1. The van der Waals surface area contributed by atoms with Gasteiger partial charge < -0.3 is 12.4 Å². The number of hydrogen-bond acceptors (Lipinski definition) is 2. The van der Waals surface area contributed by atoms with Crippen molar-refractivity contribution in [2.45, 2.75) is 13.1 Å². The molecule has 2 aromatic carbocycles. The lowest BCUT2D eigenvalue weighted by Gasteiger charge is -2.05. The molecule has 3 rings (SSSR count). The Bertz CT molecular complexity index is 714. The molecule has 0 bridgehead atoms. The Morgan fingerprint density at radius 2 is 1.80 bits per heavy atom. The second-order valence-corrected chi connectivity index (χ2v) is 4.67. The molecular formula is C16H14ClN3. The van der Waals surface area contributed by atoms with E-state index in [1.807, 2.05) is 42.5 Å². The van der Waals surface area contributed by atoms with Crippen LogP contribution in [0, 0.1) is 11.3 Å². The van der Waals surface area contributed by atoms with Crippen LogP contribution in [0.2, 0.25) is 0 Å². The van der Waals surface area contributed by atoms with Crippen LogP contribution >= 0.6 is 0 Å². The summed E-state index contributed by atoms with van der Waals surface area (Å²) in [4.78, 5) is 0. The minimum Gasteiger partial charge on any atom is -1.00 e. The third-order valence-electron chi connectivity index (χ3n) is 3.49. The van der Waals surface area contributed by atoms with E-state index >= 15 is 0 Å². The van der Waals surface area contributed by atoms with Gasteiger partial charge in [0.15, 0.2) is 0 Å². The van der Waals surface area contributed by atoms with Gasteiger partial charge in [-0.05, 0) is 12.1 Å². The summed E-state index contributed by atoms with van der Waals surface area (Å²) in [6, 6.07) is 18.1. The van der Waals surface area contributed by atoms with Crippen molar-refractivity contribution in [2.75, 3.05) is 0 Å². The number of benzene rings is 2. The minimum absolute atomic E-state index is 0. The topological polar surface area (TPSA) is 52.8 Å². The number of nitrogens with two attached hydrogens (primary N) is 1. The average Bonchev–Trinajstić information content (AvgIpc) is 2.77. The molecule has 0 spiro atoms. The molecule has 0 atom stereocenters. The van der Waals surface area contributed by atoms with E-state index in [1.54, 1.807) is 0 Å². The Hall–Kier alpha value is -2.31. The maximum absolute atomic E-state index is 9.13. The fourth-order valence-corrected chi connectivity index (χ4v) is 2.48. The maximum atomic E-state index is 9.13. The number of nitrogens with zero attached hydrogens (tertiary/aromatic N) is 2. The van der Waals surface area contributed by atoms with Crippen LogP contribution in [0.5, 0.6) is 0 Å². The summed E-state index contributed by atoms with van der Waals surface area (Å²) in [5, 5.41) is 9.13. The Morgan fingerprint density at radius 3 is 2.55 bits per heavy atom. The van der Waals surface area contributed by atoms with Crippen molar-refractivity contribution in [3.05, 3.63) is 70.8 Å². The van der Waals surface area contributed by atoms with Gasteiger partial charge in [-0.1, -0.05) is 36.4 Å². The molecule has 2 N–H and O–H groups in total. The Kier molecular flexibility index (Phi) is 4.07. The van der Waals surface area contributed by atoms with Crippen LogP contribution in [-0.2, 0) is 13.1 Å². The van der Waals surface area contributed by atoms with E-state index in [0.717, 1.165) is 23.5 Å². The third-order valence-corrected chi connectivity index (χ3v) is 3.49. The van der Waals surface area contributed by atoms with Crippen LogP contribution in [-0.4, -0.2) is 10.4 Å². The van der Waals surface area contributed by atoms with Crippen LogP contribution in [0.25, 0.3) is 0 Å². The number of hydrogen-bond donors (Lipinski definition) is 1. The van der Waals surface area contributed by atoms with Crippen molar-refractivity contribution in [3.8, 4) is 6.07 Å². The predicted octanol–water partition coefficient (Wildman–Crippen LogP) is -1.01. The molecular weight excluding hydrogens is 270 g/mol. The fraction of sp³-hybridized carbons (Fsp3) is 0.125. The minimum atomic E-state index is 0. The second-order valence-electron chi connectivity index (χ2n) is 4.67. The zero-order valence-electron chi connectivity index (χ0n) is 10.9. The van der Waals surface area contributed by atoms with E-state index in [2.05, 4.69) is 16.7 Å². The van der Waals surface area contributed by atoms with Gasteiger partial charge in [0.05, 0.1) is 17.2 Å². The monoisotopic (exact) mass is 283 g/mol. The number of halogens is 1. The molecule has 0 aliphatic carbocycles. The van der Waals surface area contributed by atoms with E-state index in [1.165, 1.54) is 5.56 Å². The van der Waals surface area contributed by atoms with E-state index in [9.17, 15) is 0 Å². The van der Waals surface area contributed by atoms with Gasteiger partial charge in [-0.2, -0.15) is 5.26 Å². The summed E-state index contributed by atoms with van der Waals surface area (Å²) < 4.78 is 2.11. The van der Waals surface area contributed by atoms with Crippen LogP contribution < -0.4 is 18.1 Å². The molecule has 1 aliphatic heterocycles. The largest absolute Gasteiger partial charge is 1.00 e. The summed E-state index contributed by atoms with van der Waals surface area (Å²) in [5.74, 6) is 0.795. The van der Waals surface area contributed by atoms with Crippen molar-refractivity contribution in [1.82, 2.24) is 0 Å². The normalized spacial score (nSPS) is 12.6. The Morgan fingerprint density at radius 1 is 1.10 bits per heavy atom. The van der Waals surface area contributed by atoms with Crippen molar-refractivity contribution >= 4 is 5.84 Å². The lowest BCUT2D eigenvalue weighted by Crippen LogP contribution is -3.00. The molecule has 1 aliphatic rings. The van der Waals surface area contributed by atoms with Crippen LogP contribution in [0.1, 0.15) is 22.3 Å². The molecule has 100 valence electrons. The first-order valence-corrected chi connectivity index (χ1v) is 6.23. The van der Waals surface area contributed by atoms with Gasteiger partial charge in [0.25, 0.3) is 5.84 Å². The molecule has 2 aromatic rings. The first-order valence-electron chi connectivity index (χ1n) is 6.23. The van der Waals surface area contributed by atoms with E-state index < -0.39 is 0 Å². The highest BCUT2D eigenvalue weighted by molar-refractivity contribution is 5.96. The van der Waals surface area contributed by atoms with Crippen LogP contribution in [0.3, 0.4) is 0 Å². The third kappa shape index (κ3) is 2.38. The summed E-state index contributed by atoms with van der Waals surface area (Å²) >= 11 is 0. The van der Waals surface area contributed by atoms with E-state index in [4.69, 9.17) is 11.0 Å². The molecule has 1 heterocycles. The lowest BCUT2D eigenvalue weighted by molar-refractivity contribution is -0.555. The standard InChI is InChI=1S/C16H13N3.ClH/c17-9-12-5-1-2-6-13(12)10-19-11-14-7-3-4-8-15(14)16(19)18;/h1-8,18H,10-11H2;1H. The summed E-state index contributed by atoms with van der Waals surface area (Å²) in [6.07, 6.45) is 0. The summed E-state index contributed by atoms with van der Waals surface area (Å²) in [5.41, 5.74) is 10.3. The smallest absolute Gasteiger partial charge is 0.275 e. The van der Waals surface area contributed by atoms with Crippen molar-refractivity contribution in [2.24, 2.45) is 5.73 Å². The molecule has 4 heteroatoms. The van der Waals surface area contributed by atoms with Crippen molar-refractivity contribution in [3.63, 3.8) is 0 Å². The van der Waals surface area contributed by atoms with Gasteiger partial charge in [0, 0.05) is 11.1 Å². The van der Waals surface area contributed by atoms with Gasteiger partial charge in [-0.3, -0.25) is 10.3 Å². The molecule has 0 aromatic heterocycles. The average molecular weight is 284 g/mol. The van der Waals surface area contributed by atoms with Crippen molar-refractivity contribution < 1.29 is 17.0 Å². The molecule has 0 amide bonds. The molecule has 0 fully saturated rings. The summed E-state index contributed by atoms with van der Waals surface area (Å²) in [6.45, 7) is 1.48. The number of nitriles is 1. The Balaban J connectivity index is 0.00000147. The quantitative estimate of drug-likeness (QED) is 0.719. The van der Waals surface area contributed by atoms with Gasteiger partial charge >= 0.3 is 0 Å². The molecule has 0 radical (unpaired) electrons. The van der Waals surface area contributed by atoms with Gasteiger partial charge in [-0.25, -0.2) is 0 Å². The highest BCUT2D eigenvalue weighted by Gasteiger charge is 2.24. The number of amidine groups is 1. The first kappa shape index (κ1) is 14.1. The molecule has 0 unspecified atom stereocenters. The Labute approximate surface area is 124 Å². The zero-order valence-corrected chi connectivity index (χ0v) is 11.6. The zero-order chi connectivity index (χ0) is 13.2. The molecule has 0 saturated carbocycles. The van der Waals surface area contributed by atoms with E-state index in [-0.39, 0.29) is 12.4 Å². The van der Waals surface area contributed by atoms with Crippen LogP contribution in [0.4, 0.5) is 0 Å². The first-order chi connectivity index (χ1) is 9.29. The van der Waals surface area contributed by atoms with Gasteiger partial charge in [-0.15, -0.1) is 0 Å². The second kappa shape index (κ2) is 5.77. The van der Waals surface area contributed by atoms with E-state index in [0.29, 0.717) is 12.1 Å². The highest BCUT2D eigenvalue weighted by atomic mass is 35.5.